The molecule has 98 valence electrons. The second-order valence-corrected chi connectivity index (χ2v) is 4.42. The molecule has 0 unspecified atom stereocenters. The van der Waals surface area contributed by atoms with Crippen LogP contribution in [0.3, 0.4) is 0 Å². The molecule has 0 aliphatic heterocycles. The molecule has 16 heavy (non-hydrogen) atoms. The van der Waals surface area contributed by atoms with E-state index in [0.717, 1.165) is 13.2 Å². The Morgan fingerprint density at radius 3 is 1.81 bits per heavy atom. The molecule has 0 rings (SSSR count). The molecule has 0 saturated carbocycles. The molecule has 0 fully saturated rings. The third-order valence-corrected chi connectivity index (χ3v) is 2.21. The molecule has 0 aromatic carbocycles. The number of rotatable bonds is 8. The molecular formula is C15H32O. The van der Waals surface area contributed by atoms with Gasteiger partial charge < -0.3 is 4.74 Å². The predicted octanol–water partition coefficient (Wildman–Crippen LogP) is 5.36. The summed E-state index contributed by atoms with van der Waals surface area (Å²) in [4.78, 5) is 0. The van der Waals surface area contributed by atoms with Crippen LogP contribution in [0.2, 0.25) is 0 Å². The molecule has 1 nitrogen and oxygen atoms in total. The highest BCUT2D eigenvalue weighted by molar-refractivity contribution is 4.92. The minimum atomic E-state index is 0.784. The van der Waals surface area contributed by atoms with E-state index in [1.807, 2.05) is 0 Å². The van der Waals surface area contributed by atoms with E-state index in [1.54, 1.807) is 0 Å². The van der Waals surface area contributed by atoms with E-state index in [9.17, 15) is 0 Å². The third kappa shape index (κ3) is 23.5. The van der Waals surface area contributed by atoms with Crippen molar-refractivity contribution in [2.45, 2.75) is 73.1 Å². The molecule has 0 amide bonds. The van der Waals surface area contributed by atoms with Crippen molar-refractivity contribution >= 4 is 0 Å². The van der Waals surface area contributed by atoms with Gasteiger partial charge in [-0.1, -0.05) is 64.5 Å². The van der Waals surface area contributed by atoms with Crippen LogP contribution in [0.5, 0.6) is 0 Å². The van der Waals surface area contributed by atoms with Crippen LogP contribution in [-0.2, 0) is 4.74 Å². The Morgan fingerprint density at radius 2 is 1.44 bits per heavy atom. The van der Waals surface area contributed by atoms with Gasteiger partial charge in [-0.3, -0.25) is 0 Å². The second kappa shape index (κ2) is 17.1. The maximum Gasteiger partial charge on any atom is 0.0649 e. The van der Waals surface area contributed by atoms with E-state index in [1.165, 1.54) is 44.1 Å². The monoisotopic (exact) mass is 228 g/mol. The lowest BCUT2D eigenvalue weighted by atomic mass is 10.3. The number of allylic oxidation sites excluding steroid dienone is 1. The summed E-state index contributed by atoms with van der Waals surface area (Å²) in [6.45, 7) is 12.5. The van der Waals surface area contributed by atoms with Crippen LogP contribution in [0.1, 0.15) is 73.1 Å². The molecule has 0 aliphatic carbocycles. The van der Waals surface area contributed by atoms with Crippen molar-refractivity contribution in [3.05, 3.63) is 11.6 Å². The summed E-state index contributed by atoms with van der Waals surface area (Å²) in [5, 5.41) is 0. The Labute approximate surface area is 103 Å². The topological polar surface area (TPSA) is 9.23 Å². The SMILES string of the molecule is CCCCC.CCCCCOCC=C(C)C. The van der Waals surface area contributed by atoms with Gasteiger partial charge in [0.15, 0.2) is 0 Å². The lowest BCUT2D eigenvalue weighted by Crippen LogP contribution is -1.94. The molecule has 0 radical (unpaired) electrons. The summed E-state index contributed by atoms with van der Waals surface area (Å²) in [6, 6.07) is 0. The first-order valence-electron chi connectivity index (χ1n) is 6.90. The van der Waals surface area contributed by atoms with Crippen molar-refractivity contribution < 1.29 is 4.74 Å². The summed E-state index contributed by atoms with van der Waals surface area (Å²) in [6.07, 6.45) is 9.95. The van der Waals surface area contributed by atoms with Gasteiger partial charge >= 0.3 is 0 Å². The number of hydrogen-bond donors (Lipinski definition) is 0. The molecule has 0 heterocycles. The summed E-state index contributed by atoms with van der Waals surface area (Å²) in [5.74, 6) is 0. The first kappa shape index (κ1) is 18.1. The first-order chi connectivity index (χ1) is 7.68. The van der Waals surface area contributed by atoms with E-state index in [2.05, 4.69) is 40.7 Å². The van der Waals surface area contributed by atoms with E-state index < -0.39 is 0 Å². The van der Waals surface area contributed by atoms with E-state index in [-0.39, 0.29) is 0 Å². The lowest BCUT2D eigenvalue weighted by Gasteiger charge is -1.99. The van der Waals surface area contributed by atoms with E-state index in [4.69, 9.17) is 4.74 Å². The maximum absolute atomic E-state index is 5.37. The molecule has 0 N–H and O–H groups in total. The summed E-state index contributed by atoms with van der Waals surface area (Å²) in [7, 11) is 0. The normalized spacial score (nSPS) is 9.31. The molecular weight excluding hydrogens is 196 g/mol. The fraction of sp³-hybridized carbons (Fsp3) is 0.867. The second-order valence-electron chi connectivity index (χ2n) is 4.42. The number of unbranched alkanes of at least 4 members (excludes halogenated alkanes) is 4. The molecule has 0 aromatic heterocycles. The highest BCUT2D eigenvalue weighted by atomic mass is 16.5. The quantitative estimate of drug-likeness (QED) is 0.401. The van der Waals surface area contributed by atoms with Crippen LogP contribution in [0.4, 0.5) is 0 Å². The van der Waals surface area contributed by atoms with E-state index >= 15 is 0 Å². The van der Waals surface area contributed by atoms with Gasteiger partial charge in [-0.2, -0.15) is 0 Å². The zero-order valence-corrected chi connectivity index (χ0v) is 12.1. The minimum absolute atomic E-state index is 0.784. The highest BCUT2D eigenvalue weighted by Crippen LogP contribution is 1.95. The molecule has 0 spiro atoms. The fourth-order valence-corrected chi connectivity index (χ4v) is 1.12. The van der Waals surface area contributed by atoms with Gasteiger partial charge in [0.2, 0.25) is 0 Å². The highest BCUT2D eigenvalue weighted by Gasteiger charge is 1.85. The van der Waals surface area contributed by atoms with Crippen LogP contribution in [0.25, 0.3) is 0 Å². The Bertz CT molecular complexity index is 132. The molecule has 0 atom stereocenters. The Balaban J connectivity index is 0. The summed E-state index contributed by atoms with van der Waals surface area (Å²) >= 11 is 0. The molecule has 0 saturated heterocycles. The Hall–Kier alpha value is -0.300. The third-order valence-electron chi connectivity index (χ3n) is 2.21. The zero-order valence-electron chi connectivity index (χ0n) is 12.1. The molecule has 0 aromatic rings. The van der Waals surface area contributed by atoms with Crippen molar-refractivity contribution in [2.75, 3.05) is 13.2 Å². The van der Waals surface area contributed by atoms with Gasteiger partial charge in [-0.15, -0.1) is 0 Å². The van der Waals surface area contributed by atoms with Gasteiger partial charge in [0.1, 0.15) is 0 Å². The maximum atomic E-state index is 5.37. The van der Waals surface area contributed by atoms with Gasteiger partial charge in [0, 0.05) is 6.61 Å². The largest absolute Gasteiger partial charge is 0.377 e. The van der Waals surface area contributed by atoms with Gasteiger partial charge in [0.25, 0.3) is 0 Å². The van der Waals surface area contributed by atoms with Crippen molar-refractivity contribution in [2.24, 2.45) is 0 Å². The molecule has 0 bridgehead atoms. The first-order valence-corrected chi connectivity index (χ1v) is 6.90. The minimum Gasteiger partial charge on any atom is -0.377 e. The van der Waals surface area contributed by atoms with Crippen LogP contribution >= 0.6 is 0 Å². The van der Waals surface area contributed by atoms with Crippen LogP contribution < -0.4 is 0 Å². The Morgan fingerprint density at radius 1 is 0.875 bits per heavy atom. The summed E-state index contributed by atoms with van der Waals surface area (Å²) in [5.41, 5.74) is 1.33. The van der Waals surface area contributed by atoms with Gasteiger partial charge in [-0.25, -0.2) is 0 Å². The standard InChI is InChI=1S/C10H20O.C5H12/c1-4-5-6-8-11-9-7-10(2)3;1-3-5-4-2/h7H,4-6,8-9H2,1-3H3;3-5H2,1-2H3. The van der Waals surface area contributed by atoms with Crippen LogP contribution in [0.15, 0.2) is 11.6 Å². The fourth-order valence-electron chi connectivity index (χ4n) is 1.12. The summed E-state index contributed by atoms with van der Waals surface area (Å²) < 4.78 is 5.37. The van der Waals surface area contributed by atoms with E-state index in [0.29, 0.717) is 0 Å². The number of hydrogen-bond acceptors (Lipinski definition) is 1. The van der Waals surface area contributed by atoms with Gasteiger partial charge in [-0.05, 0) is 20.3 Å². The zero-order chi connectivity index (χ0) is 12.6. The van der Waals surface area contributed by atoms with Crippen LogP contribution in [0, 0.1) is 0 Å². The lowest BCUT2D eigenvalue weighted by molar-refractivity contribution is 0.157. The van der Waals surface area contributed by atoms with Crippen molar-refractivity contribution in [1.29, 1.82) is 0 Å². The smallest absolute Gasteiger partial charge is 0.0649 e. The van der Waals surface area contributed by atoms with Gasteiger partial charge in [0.05, 0.1) is 6.61 Å². The predicted molar refractivity (Wildman–Crippen MR) is 75.0 cm³/mol. The van der Waals surface area contributed by atoms with Crippen molar-refractivity contribution in [3.63, 3.8) is 0 Å². The molecule has 0 aliphatic rings. The van der Waals surface area contributed by atoms with Crippen LogP contribution in [-0.4, -0.2) is 13.2 Å². The molecule has 1 heteroatoms. The average Bonchev–Trinajstić information content (AvgIpc) is 2.25. The Kier molecular flexibility index (Phi) is 19.3. The van der Waals surface area contributed by atoms with Crippen molar-refractivity contribution in [3.8, 4) is 0 Å². The average molecular weight is 228 g/mol. The van der Waals surface area contributed by atoms with Crippen molar-refractivity contribution in [1.82, 2.24) is 0 Å². The number of ether oxygens (including phenoxy) is 1.